The molecule has 0 bridgehead atoms. The van der Waals surface area contributed by atoms with Crippen LogP contribution in [0.25, 0.3) is 0 Å². The summed E-state index contributed by atoms with van der Waals surface area (Å²) in [6, 6.07) is 0.747. The van der Waals surface area contributed by atoms with Gasteiger partial charge in [-0.05, 0) is 45.2 Å². The molecule has 0 amide bonds. The molecule has 1 aliphatic rings. The monoisotopic (exact) mass is 265 g/mol. The van der Waals surface area contributed by atoms with E-state index in [1.807, 2.05) is 0 Å². The molecule has 0 fully saturated rings. The van der Waals surface area contributed by atoms with Gasteiger partial charge in [0.05, 0.1) is 0 Å². The van der Waals surface area contributed by atoms with E-state index in [0.717, 1.165) is 6.04 Å². The topological polar surface area (TPSA) is 3.24 Å². The molecule has 1 heteroatoms. The Morgan fingerprint density at radius 3 is 2.00 bits per heavy atom. The van der Waals surface area contributed by atoms with Crippen LogP contribution in [0.15, 0.2) is 12.2 Å². The number of hydrogen-bond donors (Lipinski definition) is 0. The molecule has 0 aromatic heterocycles. The zero-order valence-electron chi connectivity index (χ0n) is 13.4. The van der Waals surface area contributed by atoms with Crippen LogP contribution in [0.2, 0.25) is 0 Å². The summed E-state index contributed by atoms with van der Waals surface area (Å²) in [6.07, 6.45) is 20.1. The Kier molecular flexibility index (Phi) is 10.2. The zero-order chi connectivity index (χ0) is 13.8. The Balaban J connectivity index is 2.28. The summed E-state index contributed by atoms with van der Waals surface area (Å²) in [4.78, 5) is 2.76. The first-order chi connectivity index (χ1) is 9.38. The quantitative estimate of drug-likeness (QED) is 0.349. The van der Waals surface area contributed by atoms with Gasteiger partial charge < -0.3 is 0 Å². The van der Waals surface area contributed by atoms with Crippen LogP contribution in [0.1, 0.15) is 84.5 Å². The van der Waals surface area contributed by atoms with Crippen molar-refractivity contribution >= 4 is 0 Å². The van der Waals surface area contributed by atoms with Crippen molar-refractivity contribution in [2.45, 2.75) is 90.5 Å². The molecule has 19 heavy (non-hydrogen) atoms. The minimum absolute atomic E-state index is 0.747. The summed E-state index contributed by atoms with van der Waals surface area (Å²) in [7, 11) is 0. The number of rotatable bonds is 11. The fourth-order valence-corrected chi connectivity index (χ4v) is 3.03. The molecule has 0 heterocycles. The molecule has 0 saturated carbocycles. The van der Waals surface area contributed by atoms with Crippen LogP contribution in [0, 0.1) is 0 Å². The maximum Gasteiger partial charge on any atom is 0.0278 e. The molecule has 1 atom stereocenters. The van der Waals surface area contributed by atoms with Gasteiger partial charge in [-0.2, -0.15) is 0 Å². The predicted octanol–water partition coefficient (Wildman–Crippen LogP) is 5.56. The Hall–Kier alpha value is -0.300. The first kappa shape index (κ1) is 16.8. The highest BCUT2D eigenvalue weighted by Crippen LogP contribution is 2.18. The van der Waals surface area contributed by atoms with Crippen LogP contribution in [0.4, 0.5) is 0 Å². The van der Waals surface area contributed by atoms with E-state index in [2.05, 4.69) is 30.9 Å². The van der Waals surface area contributed by atoms with E-state index in [4.69, 9.17) is 0 Å². The van der Waals surface area contributed by atoms with E-state index in [0.29, 0.717) is 0 Å². The van der Waals surface area contributed by atoms with Crippen LogP contribution in [0.3, 0.4) is 0 Å². The van der Waals surface area contributed by atoms with Gasteiger partial charge in [-0.3, -0.25) is 4.90 Å². The van der Waals surface area contributed by atoms with Gasteiger partial charge in [0, 0.05) is 6.04 Å². The lowest BCUT2D eigenvalue weighted by molar-refractivity contribution is 0.204. The molecule has 1 nitrogen and oxygen atoms in total. The fourth-order valence-electron chi connectivity index (χ4n) is 3.03. The van der Waals surface area contributed by atoms with E-state index in [9.17, 15) is 0 Å². The number of nitrogens with zero attached hydrogens (tertiary/aromatic N) is 1. The molecule has 0 spiro atoms. The maximum atomic E-state index is 2.76. The van der Waals surface area contributed by atoms with Gasteiger partial charge in [-0.15, -0.1) is 0 Å². The van der Waals surface area contributed by atoms with Crippen LogP contribution >= 0.6 is 0 Å². The molecular formula is C18H35N. The van der Waals surface area contributed by atoms with Gasteiger partial charge in [0.15, 0.2) is 0 Å². The van der Waals surface area contributed by atoms with Gasteiger partial charge in [0.2, 0.25) is 0 Å². The Labute approximate surface area is 121 Å². The van der Waals surface area contributed by atoms with Crippen molar-refractivity contribution in [3.8, 4) is 0 Å². The van der Waals surface area contributed by atoms with E-state index >= 15 is 0 Å². The normalized spacial score (nSPS) is 19.2. The second kappa shape index (κ2) is 11.5. The van der Waals surface area contributed by atoms with Crippen LogP contribution in [0.5, 0.6) is 0 Å². The van der Waals surface area contributed by atoms with Crippen molar-refractivity contribution in [2.75, 3.05) is 13.1 Å². The van der Waals surface area contributed by atoms with E-state index in [1.165, 1.54) is 83.7 Å². The molecule has 1 aliphatic carbocycles. The van der Waals surface area contributed by atoms with E-state index < -0.39 is 0 Å². The van der Waals surface area contributed by atoms with E-state index in [1.54, 1.807) is 0 Å². The fraction of sp³-hybridized carbons (Fsp3) is 0.889. The van der Waals surface area contributed by atoms with Gasteiger partial charge in [0.25, 0.3) is 0 Å². The molecule has 0 aromatic carbocycles. The van der Waals surface area contributed by atoms with Crippen molar-refractivity contribution in [1.82, 2.24) is 4.90 Å². The summed E-state index contributed by atoms with van der Waals surface area (Å²) < 4.78 is 0. The molecule has 0 saturated heterocycles. The SMILES string of the molecule is CCCCCCN(CCCCCC)C1C=CCCC1. The third-order valence-corrected chi connectivity index (χ3v) is 4.30. The van der Waals surface area contributed by atoms with Crippen molar-refractivity contribution in [3.63, 3.8) is 0 Å². The number of allylic oxidation sites excluding steroid dienone is 1. The van der Waals surface area contributed by atoms with Gasteiger partial charge >= 0.3 is 0 Å². The Morgan fingerprint density at radius 2 is 1.53 bits per heavy atom. The molecule has 1 rings (SSSR count). The zero-order valence-corrected chi connectivity index (χ0v) is 13.4. The highest BCUT2D eigenvalue weighted by molar-refractivity contribution is 4.98. The van der Waals surface area contributed by atoms with Crippen molar-refractivity contribution < 1.29 is 0 Å². The standard InChI is InChI=1S/C18H35N/c1-3-5-7-12-16-19(17-13-8-6-4-2)18-14-10-9-11-15-18/h10,14,18H,3-9,11-13,15-17H2,1-2H3. The summed E-state index contributed by atoms with van der Waals surface area (Å²) in [5, 5.41) is 0. The molecule has 0 aliphatic heterocycles. The highest BCUT2D eigenvalue weighted by atomic mass is 15.1. The second-order valence-corrected chi connectivity index (χ2v) is 6.08. The van der Waals surface area contributed by atoms with Crippen LogP contribution in [-0.4, -0.2) is 24.0 Å². The van der Waals surface area contributed by atoms with Gasteiger partial charge in [-0.25, -0.2) is 0 Å². The average molecular weight is 265 g/mol. The number of unbranched alkanes of at least 4 members (excludes halogenated alkanes) is 6. The van der Waals surface area contributed by atoms with Crippen molar-refractivity contribution in [3.05, 3.63) is 12.2 Å². The highest BCUT2D eigenvalue weighted by Gasteiger charge is 2.16. The molecule has 0 aromatic rings. The maximum absolute atomic E-state index is 2.76. The molecule has 0 radical (unpaired) electrons. The first-order valence-electron chi connectivity index (χ1n) is 8.79. The lowest BCUT2D eigenvalue weighted by atomic mass is 10.0. The van der Waals surface area contributed by atoms with Gasteiger partial charge in [-0.1, -0.05) is 64.5 Å². The number of hydrogen-bond acceptors (Lipinski definition) is 1. The minimum Gasteiger partial charge on any atom is -0.297 e. The summed E-state index contributed by atoms with van der Waals surface area (Å²) in [5.41, 5.74) is 0. The van der Waals surface area contributed by atoms with Crippen LogP contribution in [-0.2, 0) is 0 Å². The third-order valence-electron chi connectivity index (χ3n) is 4.30. The molecule has 0 N–H and O–H groups in total. The summed E-state index contributed by atoms with van der Waals surface area (Å²) in [5.74, 6) is 0. The summed E-state index contributed by atoms with van der Waals surface area (Å²) in [6.45, 7) is 7.24. The van der Waals surface area contributed by atoms with Crippen LogP contribution < -0.4 is 0 Å². The summed E-state index contributed by atoms with van der Waals surface area (Å²) >= 11 is 0. The minimum atomic E-state index is 0.747. The lowest BCUT2D eigenvalue weighted by Gasteiger charge is -2.31. The molecule has 1 unspecified atom stereocenters. The Bertz CT molecular complexity index is 210. The van der Waals surface area contributed by atoms with Crippen molar-refractivity contribution in [1.29, 1.82) is 0 Å². The first-order valence-corrected chi connectivity index (χ1v) is 8.79. The second-order valence-electron chi connectivity index (χ2n) is 6.08. The van der Waals surface area contributed by atoms with Gasteiger partial charge in [0.1, 0.15) is 0 Å². The lowest BCUT2D eigenvalue weighted by Crippen LogP contribution is -2.36. The Morgan fingerprint density at radius 1 is 0.895 bits per heavy atom. The largest absolute Gasteiger partial charge is 0.297 e. The average Bonchev–Trinajstić information content (AvgIpc) is 2.46. The third kappa shape index (κ3) is 7.77. The smallest absolute Gasteiger partial charge is 0.0278 e. The predicted molar refractivity (Wildman–Crippen MR) is 86.6 cm³/mol. The van der Waals surface area contributed by atoms with Crippen molar-refractivity contribution in [2.24, 2.45) is 0 Å². The van der Waals surface area contributed by atoms with E-state index in [-0.39, 0.29) is 0 Å². The molecular weight excluding hydrogens is 230 g/mol. The molecule has 112 valence electrons.